The lowest BCUT2D eigenvalue weighted by atomic mass is 9.77. The Balaban J connectivity index is 1.57. The van der Waals surface area contributed by atoms with Gasteiger partial charge in [-0.1, -0.05) is 6.42 Å². The van der Waals surface area contributed by atoms with Crippen LogP contribution in [0.3, 0.4) is 0 Å². The Morgan fingerprint density at radius 3 is 2.50 bits per heavy atom. The maximum absolute atomic E-state index is 6.29. The molecule has 4 rings (SSSR count). The molecule has 3 saturated heterocycles. The van der Waals surface area contributed by atoms with Crippen molar-refractivity contribution < 1.29 is 0 Å². The average Bonchev–Trinajstić information content (AvgIpc) is 3.05. The van der Waals surface area contributed by atoms with Crippen molar-refractivity contribution in [3.63, 3.8) is 0 Å². The maximum Gasteiger partial charge on any atom is 0.0384 e. The van der Waals surface area contributed by atoms with Crippen LogP contribution in [0.5, 0.6) is 0 Å². The van der Waals surface area contributed by atoms with Crippen LogP contribution in [0.1, 0.15) is 32.1 Å². The summed E-state index contributed by atoms with van der Waals surface area (Å²) in [5, 5.41) is 0. The van der Waals surface area contributed by atoms with Crippen molar-refractivity contribution in [1.82, 2.24) is 9.80 Å². The first-order chi connectivity index (χ1) is 8.82. The molecule has 2 N–H and O–H groups in total. The summed E-state index contributed by atoms with van der Waals surface area (Å²) in [6.45, 7) is 7.55. The van der Waals surface area contributed by atoms with Crippen molar-refractivity contribution in [2.75, 3.05) is 39.3 Å². The number of fused-ring (bicyclic) bond motifs is 3. The molecule has 4 fully saturated rings. The molecule has 0 aromatic rings. The van der Waals surface area contributed by atoms with E-state index in [1.807, 2.05) is 0 Å². The lowest BCUT2D eigenvalue weighted by Crippen LogP contribution is -2.61. The summed E-state index contributed by atoms with van der Waals surface area (Å²) in [6, 6.07) is 0. The molecule has 3 heteroatoms. The fourth-order valence-electron chi connectivity index (χ4n) is 5.44. The smallest absolute Gasteiger partial charge is 0.0384 e. The van der Waals surface area contributed by atoms with Gasteiger partial charge >= 0.3 is 0 Å². The van der Waals surface area contributed by atoms with E-state index in [1.54, 1.807) is 0 Å². The van der Waals surface area contributed by atoms with Gasteiger partial charge in [0.2, 0.25) is 0 Å². The molecule has 4 aliphatic rings. The first-order valence-electron chi connectivity index (χ1n) is 7.99. The molecular formula is C15H27N3. The van der Waals surface area contributed by atoms with Gasteiger partial charge < -0.3 is 10.6 Å². The van der Waals surface area contributed by atoms with Gasteiger partial charge in [0.25, 0.3) is 0 Å². The van der Waals surface area contributed by atoms with E-state index in [-0.39, 0.29) is 0 Å². The monoisotopic (exact) mass is 249 g/mol. The highest BCUT2D eigenvalue weighted by Gasteiger charge is 2.52. The molecule has 1 aliphatic carbocycles. The molecule has 3 nitrogen and oxygen atoms in total. The number of rotatable bonds is 2. The highest BCUT2D eigenvalue weighted by molar-refractivity contribution is 5.08. The summed E-state index contributed by atoms with van der Waals surface area (Å²) < 4.78 is 0. The zero-order valence-corrected chi connectivity index (χ0v) is 11.5. The fraction of sp³-hybridized carbons (Fsp3) is 1.00. The van der Waals surface area contributed by atoms with Crippen molar-refractivity contribution in [3.8, 4) is 0 Å². The van der Waals surface area contributed by atoms with E-state index in [0.29, 0.717) is 5.54 Å². The van der Waals surface area contributed by atoms with E-state index in [2.05, 4.69) is 9.80 Å². The van der Waals surface area contributed by atoms with Crippen LogP contribution in [-0.2, 0) is 0 Å². The van der Waals surface area contributed by atoms with Crippen molar-refractivity contribution in [2.24, 2.45) is 23.5 Å². The summed E-state index contributed by atoms with van der Waals surface area (Å²) in [5.74, 6) is 2.87. The van der Waals surface area contributed by atoms with Crippen LogP contribution in [0, 0.1) is 17.8 Å². The third-order valence-corrected chi connectivity index (χ3v) is 6.60. The lowest BCUT2D eigenvalue weighted by molar-refractivity contribution is 0.0192. The highest BCUT2D eigenvalue weighted by atomic mass is 15.3. The van der Waals surface area contributed by atoms with E-state index in [0.717, 1.165) is 24.3 Å². The van der Waals surface area contributed by atoms with E-state index >= 15 is 0 Å². The molecule has 3 aliphatic heterocycles. The topological polar surface area (TPSA) is 32.5 Å². The predicted molar refractivity (Wildman–Crippen MR) is 73.4 cm³/mol. The Bertz CT molecular complexity index is 320. The predicted octanol–water partition coefficient (Wildman–Crippen LogP) is 1.14. The normalized spacial score (nSPS) is 51.8. The molecule has 0 radical (unpaired) electrons. The average molecular weight is 249 g/mol. The molecule has 3 heterocycles. The molecule has 5 unspecified atom stereocenters. The number of likely N-dealkylation sites (tertiary alicyclic amines) is 1. The molecule has 0 aromatic carbocycles. The SMILES string of the molecule is NCC1(N2CC3CCCC3C2)CCN2CCC1C2. The van der Waals surface area contributed by atoms with Gasteiger partial charge in [-0.15, -0.1) is 0 Å². The van der Waals surface area contributed by atoms with Crippen LogP contribution in [0.2, 0.25) is 0 Å². The molecule has 0 amide bonds. The van der Waals surface area contributed by atoms with Gasteiger partial charge in [0.05, 0.1) is 0 Å². The van der Waals surface area contributed by atoms with Gasteiger partial charge in [-0.2, -0.15) is 0 Å². The zero-order valence-electron chi connectivity index (χ0n) is 11.5. The standard InChI is InChI=1S/C15H27N3/c16-11-15(5-7-17-6-4-14(15)10-17)18-8-12-2-1-3-13(12)9-18/h12-14H,1-11,16H2. The lowest BCUT2D eigenvalue weighted by Gasteiger charge is -2.49. The van der Waals surface area contributed by atoms with Crippen molar-refractivity contribution in [3.05, 3.63) is 0 Å². The van der Waals surface area contributed by atoms with Crippen LogP contribution < -0.4 is 5.73 Å². The summed E-state index contributed by atoms with van der Waals surface area (Å²) in [6.07, 6.45) is 7.17. The van der Waals surface area contributed by atoms with Gasteiger partial charge in [-0.3, -0.25) is 4.90 Å². The van der Waals surface area contributed by atoms with Crippen LogP contribution in [0.4, 0.5) is 0 Å². The third kappa shape index (κ3) is 1.53. The van der Waals surface area contributed by atoms with E-state index in [9.17, 15) is 0 Å². The minimum atomic E-state index is 0.372. The minimum absolute atomic E-state index is 0.372. The van der Waals surface area contributed by atoms with Crippen molar-refractivity contribution in [2.45, 2.75) is 37.6 Å². The third-order valence-electron chi connectivity index (χ3n) is 6.60. The number of nitrogens with zero attached hydrogens (tertiary/aromatic N) is 2. The number of piperidine rings is 1. The van der Waals surface area contributed by atoms with Crippen molar-refractivity contribution in [1.29, 1.82) is 0 Å². The molecule has 0 spiro atoms. The molecule has 18 heavy (non-hydrogen) atoms. The number of hydrogen-bond donors (Lipinski definition) is 1. The second kappa shape index (κ2) is 4.19. The van der Waals surface area contributed by atoms with Crippen molar-refractivity contribution >= 4 is 0 Å². The number of nitrogens with two attached hydrogens (primary N) is 1. The van der Waals surface area contributed by atoms with Gasteiger partial charge in [0, 0.05) is 31.7 Å². The fourth-order valence-corrected chi connectivity index (χ4v) is 5.44. The van der Waals surface area contributed by atoms with Gasteiger partial charge in [0.15, 0.2) is 0 Å². The van der Waals surface area contributed by atoms with E-state index in [4.69, 9.17) is 5.73 Å². The second-order valence-electron chi connectivity index (χ2n) is 7.20. The Morgan fingerprint density at radius 1 is 1.00 bits per heavy atom. The Morgan fingerprint density at radius 2 is 1.78 bits per heavy atom. The largest absolute Gasteiger partial charge is 0.329 e. The summed E-state index contributed by atoms with van der Waals surface area (Å²) in [5.41, 5.74) is 6.67. The molecule has 2 bridgehead atoms. The Labute approximate surface area is 111 Å². The number of hydrogen-bond acceptors (Lipinski definition) is 3. The zero-order chi connectivity index (χ0) is 12.2. The summed E-state index contributed by atoms with van der Waals surface area (Å²) in [7, 11) is 0. The Hall–Kier alpha value is -0.120. The first kappa shape index (κ1) is 11.7. The Kier molecular flexibility index (Phi) is 2.72. The molecule has 0 aromatic heterocycles. The van der Waals surface area contributed by atoms with Crippen LogP contribution >= 0.6 is 0 Å². The van der Waals surface area contributed by atoms with E-state index < -0.39 is 0 Å². The van der Waals surface area contributed by atoms with Crippen LogP contribution in [-0.4, -0.2) is 54.6 Å². The molecular weight excluding hydrogens is 222 g/mol. The molecule has 1 saturated carbocycles. The summed E-state index contributed by atoms with van der Waals surface area (Å²) in [4.78, 5) is 5.49. The first-order valence-corrected chi connectivity index (χ1v) is 7.99. The maximum atomic E-state index is 6.29. The van der Waals surface area contributed by atoms with Gasteiger partial charge in [-0.05, 0) is 56.5 Å². The van der Waals surface area contributed by atoms with Gasteiger partial charge in [-0.25, -0.2) is 0 Å². The van der Waals surface area contributed by atoms with Crippen LogP contribution in [0.15, 0.2) is 0 Å². The minimum Gasteiger partial charge on any atom is -0.329 e. The van der Waals surface area contributed by atoms with E-state index in [1.165, 1.54) is 64.8 Å². The summed E-state index contributed by atoms with van der Waals surface area (Å²) >= 11 is 0. The highest BCUT2D eigenvalue weighted by Crippen LogP contribution is 2.46. The quantitative estimate of drug-likeness (QED) is 0.796. The van der Waals surface area contributed by atoms with Crippen LogP contribution in [0.25, 0.3) is 0 Å². The molecule has 102 valence electrons. The molecule has 5 atom stereocenters. The second-order valence-corrected chi connectivity index (χ2v) is 7.20. The van der Waals surface area contributed by atoms with Gasteiger partial charge in [0.1, 0.15) is 0 Å².